The van der Waals surface area contributed by atoms with Crippen LogP contribution in [0.25, 0.3) is 6.08 Å². The first-order valence-corrected chi connectivity index (χ1v) is 10.9. The van der Waals surface area contributed by atoms with Crippen LogP contribution in [0.3, 0.4) is 0 Å². The Hall–Kier alpha value is -3.31. The van der Waals surface area contributed by atoms with Gasteiger partial charge in [0, 0.05) is 24.0 Å². The van der Waals surface area contributed by atoms with E-state index < -0.39 is 10.0 Å². The van der Waals surface area contributed by atoms with Crippen molar-refractivity contribution in [1.82, 2.24) is 0 Å². The maximum absolute atomic E-state index is 12.7. The predicted octanol–water partition coefficient (Wildman–Crippen LogP) is 3.42. The summed E-state index contributed by atoms with van der Waals surface area (Å²) < 4.78 is 30.3. The van der Waals surface area contributed by atoms with Gasteiger partial charge in [-0.3, -0.25) is 9.52 Å². The quantitative estimate of drug-likeness (QED) is 0.635. The first-order chi connectivity index (χ1) is 13.8. The van der Waals surface area contributed by atoms with E-state index >= 15 is 0 Å². The molecule has 7 nitrogen and oxygen atoms in total. The van der Waals surface area contributed by atoms with Crippen molar-refractivity contribution < 1.29 is 17.9 Å². The van der Waals surface area contributed by atoms with Gasteiger partial charge in [0.25, 0.3) is 5.91 Å². The predicted molar refractivity (Wildman–Crippen MR) is 114 cm³/mol. The zero-order chi connectivity index (χ0) is 21.3. The van der Waals surface area contributed by atoms with Crippen LogP contribution in [0.5, 0.6) is 5.75 Å². The number of benzene rings is 2. The third-order valence-electron chi connectivity index (χ3n) is 3.80. The number of amides is 1. The summed E-state index contributed by atoms with van der Waals surface area (Å²) in [6.07, 6.45) is 4.35. The van der Waals surface area contributed by atoms with Crippen LogP contribution < -0.4 is 14.4 Å². The molecule has 0 unspecified atom stereocenters. The van der Waals surface area contributed by atoms with Crippen LogP contribution in [0.1, 0.15) is 18.9 Å². The Bertz CT molecular complexity index is 992. The number of anilines is 2. The lowest BCUT2D eigenvalue weighted by molar-refractivity contribution is -0.114. The molecule has 0 saturated carbocycles. The van der Waals surface area contributed by atoms with Gasteiger partial charge in [-0.25, -0.2) is 8.42 Å². The normalized spacial score (nSPS) is 11.1. The first-order valence-electron chi connectivity index (χ1n) is 8.99. The highest BCUT2D eigenvalue weighted by molar-refractivity contribution is 7.92. The molecule has 0 spiro atoms. The Morgan fingerprint density at radius 1 is 1.17 bits per heavy atom. The zero-order valence-electron chi connectivity index (χ0n) is 16.3. The van der Waals surface area contributed by atoms with Crippen LogP contribution in [-0.2, 0) is 14.8 Å². The molecule has 0 radical (unpaired) electrons. The van der Waals surface area contributed by atoms with Gasteiger partial charge in [-0.05, 0) is 55.0 Å². The fourth-order valence-corrected chi connectivity index (χ4v) is 3.12. The Kier molecular flexibility index (Phi) is 7.80. The van der Waals surface area contributed by atoms with Crippen molar-refractivity contribution in [1.29, 1.82) is 5.26 Å². The molecule has 2 aromatic carbocycles. The molecule has 8 heteroatoms. The van der Waals surface area contributed by atoms with Crippen LogP contribution >= 0.6 is 0 Å². The number of hydrogen-bond donors (Lipinski definition) is 1. The van der Waals surface area contributed by atoms with E-state index in [-0.39, 0.29) is 18.9 Å². The van der Waals surface area contributed by atoms with Gasteiger partial charge in [0.2, 0.25) is 10.0 Å². The third-order valence-corrected chi connectivity index (χ3v) is 4.41. The number of nitriles is 1. The summed E-state index contributed by atoms with van der Waals surface area (Å²) in [6, 6.07) is 15.8. The molecule has 1 amide bonds. The van der Waals surface area contributed by atoms with Crippen molar-refractivity contribution in [3.8, 4) is 11.8 Å². The van der Waals surface area contributed by atoms with Gasteiger partial charge in [0.05, 0.1) is 25.4 Å². The van der Waals surface area contributed by atoms with E-state index in [0.29, 0.717) is 23.7 Å². The van der Waals surface area contributed by atoms with Crippen molar-refractivity contribution in [2.75, 3.05) is 29.0 Å². The summed E-state index contributed by atoms with van der Waals surface area (Å²) in [5, 5.41) is 8.90. The maximum Gasteiger partial charge on any atom is 0.251 e. The van der Waals surface area contributed by atoms with Gasteiger partial charge in [0.1, 0.15) is 5.75 Å². The van der Waals surface area contributed by atoms with Crippen LogP contribution in [0, 0.1) is 11.3 Å². The second kappa shape index (κ2) is 10.3. The smallest absolute Gasteiger partial charge is 0.251 e. The topological polar surface area (TPSA) is 99.5 Å². The standard InChI is InChI=1S/C21H23N3O4S/c1-3-28-20-12-10-19(11-13-20)24(16-4-15-22)21(25)14-7-17-5-8-18(9-6-17)23-29(2,26)27/h5-14,23H,3-4,16H2,1-2H3/b14-7+. The minimum atomic E-state index is -3.34. The maximum atomic E-state index is 12.7. The molecule has 0 fully saturated rings. The molecule has 0 atom stereocenters. The van der Waals surface area contributed by atoms with Gasteiger partial charge >= 0.3 is 0 Å². The van der Waals surface area contributed by atoms with Crippen molar-refractivity contribution in [3.05, 3.63) is 60.2 Å². The average molecular weight is 413 g/mol. The molecule has 2 aromatic rings. The molecular weight excluding hydrogens is 390 g/mol. The zero-order valence-corrected chi connectivity index (χ0v) is 17.1. The Labute approximate surface area is 171 Å². The number of nitrogens with zero attached hydrogens (tertiary/aromatic N) is 2. The summed E-state index contributed by atoms with van der Waals surface area (Å²) in [5.41, 5.74) is 1.86. The van der Waals surface area contributed by atoms with E-state index in [1.807, 2.05) is 6.92 Å². The highest BCUT2D eigenvalue weighted by atomic mass is 32.2. The molecule has 0 saturated heterocycles. The second-order valence-electron chi connectivity index (χ2n) is 6.15. The van der Waals surface area contributed by atoms with Crippen molar-refractivity contribution in [3.63, 3.8) is 0 Å². The molecule has 0 aliphatic carbocycles. The van der Waals surface area contributed by atoms with E-state index in [1.54, 1.807) is 54.6 Å². The number of rotatable bonds is 9. The highest BCUT2D eigenvalue weighted by Gasteiger charge is 2.13. The lowest BCUT2D eigenvalue weighted by Crippen LogP contribution is -2.30. The number of sulfonamides is 1. The summed E-state index contributed by atoms with van der Waals surface area (Å²) in [5.74, 6) is 0.449. The first kappa shape index (κ1) is 22.0. The van der Waals surface area contributed by atoms with Crippen LogP contribution in [0.4, 0.5) is 11.4 Å². The number of carbonyl (C=O) groups is 1. The lowest BCUT2D eigenvalue weighted by Gasteiger charge is -2.20. The number of hydrogen-bond acceptors (Lipinski definition) is 5. The number of carbonyl (C=O) groups excluding carboxylic acids is 1. The molecule has 0 heterocycles. The van der Waals surface area contributed by atoms with Gasteiger partial charge in [-0.1, -0.05) is 12.1 Å². The Morgan fingerprint density at radius 3 is 2.38 bits per heavy atom. The molecule has 29 heavy (non-hydrogen) atoms. The van der Waals surface area contributed by atoms with E-state index in [9.17, 15) is 13.2 Å². The number of ether oxygens (including phenoxy) is 1. The molecule has 0 aliphatic rings. The van der Waals surface area contributed by atoms with Crippen LogP contribution in [0.2, 0.25) is 0 Å². The molecule has 0 aromatic heterocycles. The van der Waals surface area contributed by atoms with E-state index in [1.165, 1.54) is 11.0 Å². The van der Waals surface area contributed by atoms with Crippen LogP contribution in [0.15, 0.2) is 54.6 Å². The van der Waals surface area contributed by atoms with Gasteiger partial charge in [-0.2, -0.15) is 5.26 Å². The minimum Gasteiger partial charge on any atom is -0.494 e. The summed E-state index contributed by atoms with van der Waals surface area (Å²) in [7, 11) is -3.34. The van der Waals surface area contributed by atoms with E-state index in [4.69, 9.17) is 10.00 Å². The largest absolute Gasteiger partial charge is 0.494 e. The lowest BCUT2D eigenvalue weighted by atomic mass is 10.2. The molecule has 152 valence electrons. The Morgan fingerprint density at radius 2 is 1.83 bits per heavy atom. The van der Waals surface area contributed by atoms with Crippen molar-refractivity contribution in [2.24, 2.45) is 0 Å². The van der Waals surface area contributed by atoms with E-state index in [0.717, 1.165) is 11.8 Å². The molecule has 1 N–H and O–H groups in total. The number of nitrogens with one attached hydrogen (secondary N) is 1. The monoisotopic (exact) mass is 413 g/mol. The third kappa shape index (κ3) is 7.31. The molecular formula is C21H23N3O4S. The average Bonchev–Trinajstić information content (AvgIpc) is 2.68. The molecule has 0 aliphatic heterocycles. The summed E-state index contributed by atoms with van der Waals surface area (Å²) in [6.45, 7) is 2.72. The van der Waals surface area contributed by atoms with Gasteiger partial charge < -0.3 is 9.64 Å². The summed E-state index contributed by atoms with van der Waals surface area (Å²) >= 11 is 0. The SMILES string of the molecule is CCOc1ccc(N(CCC#N)C(=O)/C=C/c2ccc(NS(C)(=O)=O)cc2)cc1. The van der Waals surface area contributed by atoms with Crippen molar-refractivity contribution in [2.45, 2.75) is 13.3 Å². The second-order valence-corrected chi connectivity index (χ2v) is 7.90. The molecule has 0 bridgehead atoms. The van der Waals surface area contributed by atoms with Gasteiger partial charge in [0.15, 0.2) is 0 Å². The fourth-order valence-electron chi connectivity index (χ4n) is 2.55. The molecule has 2 rings (SSSR count). The highest BCUT2D eigenvalue weighted by Crippen LogP contribution is 2.21. The summed E-state index contributed by atoms with van der Waals surface area (Å²) in [4.78, 5) is 14.2. The van der Waals surface area contributed by atoms with Crippen molar-refractivity contribution >= 4 is 33.4 Å². The van der Waals surface area contributed by atoms with Crippen LogP contribution in [-0.4, -0.2) is 33.7 Å². The fraction of sp³-hybridized carbons (Fsp3) is 0.238. The minimum absolute atomic E-state index is 0.207. The van der Waals surface area contributed by atoms with E-state index in [2.05, 4.69) is 10.8 Å². The van der Waals surface area contributed by atoms with Gasteiger partial charge in [-0.15, -0.1) is 0 Å². The Balaban J connectivity index is 2.13.